The van der Waals surface area contributed by atoms with Crippen molar-refractivity contribution in [2.45, 2.75) is 64.9 Å². The lowest BCUT2D eigenvalue weighted by atomic mass is 9.96. The topological polar surface area (TPSA) is 126 Å². The molecular formula is C21H26ClNO9. The molecule has 0 spiro atoms. The van der Waals surface area contributed by atoms with E-state index in [0.29, 0.717) is 10.6 Å². The van der Waals surface area contributed by atoms with Crippen LogP contribution in [0.15, 0.2) is 24.3 Å². The molecule has 0 aromatic heterocycles. The largest absolute Gasteiger partial charge is 0.463 e. The van der Waals surface area contributed by atoms with Gasteiger partial charge >= 0.3 is 17.9 Å². The first-order chi connectivity index (χ1) is 15.1. The number of nitrogens with one attached hydrogen (secondary N) is 1. The number of carbonyl (C=O) groups is 4. The summed E-state index contributed by atoms with van der Waals surface area (Å²) in [6, 6.07) is 5.95. The fourth-order valence-corrected chi connectivity index (χ4v) is 3.41. The number of amides is 1. The Morgan fingerprint density at radius 1 is 0.969 bits per heavy atom. The number of halogens is 1. The van der Waals surface area contributed by atoms with E-state index in [9.17, 15) is 19.2 Å². The van der Waals surface area contributed by atoms with Crippen LogP contribution in [0.3, 0.4) is 0 Å². The monoisotopic (exact) mass is 471 g/mol. The summed E-state index contributed by atoms with van der Waals surface area (Å²) in [7, 11) is 0. The minimum atomic E-state index is -1.18. The molecule has 32 heavy (non-hydrogen) atoms. The van der Waals surface area contributed by atoms with Gasteiger partial charge in [-0.25, -0.2) is 0 Å². The van der Waals surface area contributed by atoms with Crippen molar-refractivity contribution in [3.8, 4) is 0 Å². The molecule has 176 valence electrons. The van der Waals surface area contributed by atoms with Gasteiger partial charge < -0.3 is 29.0 Å². The Morgan fingerprint density at radius 3 is 2.16 bits per heavy atom. The number of rotatable bonds is 8. The van der Waals surface area contributed by atoms with Crippen LogP contribution < -0.4 is 5.32 Å². The van der Waals surface area contributed by atoms with Crippen molar-refractivity contribution in [1.82, 2.24) is 5.32 Å². The predicted molar refractivity (Wildman–Crippen MR) is 110 cm³/mol. The van der Waals surface area contributed by atoms with E-state index in [2.05, 4.69) is 5.32 Å². The number of carbonyl (C=O) groups excluding carboxylic acids is 4. The second kappa shape index (κ2) is 11.8. The highest BCUT2D eigenvalue weighted by molar-refractivity contribution is 6.31. The Balaban J connectivity index is 2.37. The van der Waals surface area contributed by atoms with Crippen molar-refractivity contribution in [2.75, 3.05) is 6.61 Å². The Hall–Kier alpha value is -2.69. The highest BCUT2D eigenvalue weighted by Gasteiger charge is 2.51. The minimum Gasteiger partial charge on any atom is -0.463 e. The van der Waals surface area contributed by atoms with E-state index in [1.165, 1.54) is 27.7 Å². The molecule has 0 saturated carbocycles. The molecule has 1 aromatic carbocycles. The summed E-state index contributed by atoms with van der Waals surface area (Å²) >= 11 is 6.18. The van der Waals surface area contributed by atoms with Crippen molar-refractivity contribution in [1.29, 1.82) is 0 Å². The standard InChI is InChI=1S/C21H26ClNO9/c1-11(24)23-18-20(31-14(4)27)19(30-13(3)26)17(10-28-12(2)25)32-21(18)29-9-15-7-5-6-8-16(15)22/h5-8,17-21H,9-10H2,1-4H3,(H,23,24)/t17-,18+,19-,20+,21-/m1/s1. The summed E-state index contributed by atoms with van der Waals surface area (Å²) in [6.07, 6.45) is -4.53. The molecule has 1 heterocycles. The van der Waals surface area contributed by atoms with Crippen LogP contribution in [0.1, 0.15) is 33.3 Å². The smallest absolute Gasteiger partial charge is 0.303 e. The zero-order valence-corrected chi connectivity index (χ0v) is 18.9. The first-order valence-electron chi connectivity index (χ1n) is 9.83. The maximum Gasteiger partial charge on any atom is 0.303 e. The first kappa shape index (κ1) is 25.6. The van der Waals surface area contributed by atoms with Gasteiger partial charge in [-0.3, -0.25) is 19.2 Å². The van der Waals surface area contributed by atoms with Crippen LogP contribution in [0.5, 0.6) is 0 Å². The molecular weight excluding hydrogens is 446 g/mol. The second-order valence-electron chi connectivity index (χ2n) is 7.12. The molecule has 1 aliphatic heterocycles. The fourth-order valence-electron chi connectivity index (χ4n) is 3.22. The molecule has 5 atom stereocenters. The molecule has 0 bridgehead atoms. The van der Waals surface area contributed by atoms with Crippen molar-refractivity contribution in [3.63, 3.8) is 0 Å². The average Bonchev–Trinajstić information content (AvgIpc) is 2.68. The van der Waals surface area contributed by atoms with Crippen LogP contribution in [-0.4, -0.2) is 61.1 Å². The SMILES string of the molecule is CC(=O)N[C@@H]1[C@H](OCc2ccccc2Cl)O[C@H](COC(C)=O)[C@@H](OC(C)=O)[C@H]1OC(C)=O. The summed E-state index contributed by atoms with van der Waals surface area (Å²) in [5, 5.41) is 3.09. The molecule has 1 aliphatic rings. The Kier molecular flexibility index (Phi) is 9.42. The van der Waals surface area contributed by atoms with Crippen molar-refractivity contribution in [3.05, 3.63) is 34.9 Å². The molecule has 1 saturated heterocycles. The van der Waals surface area contributed by atoms with Gasteiger partial charge in [0.25, 0.3) is 0 Å². The lowest BCUT2D eigenvalue weighted by Crippen LogP contribution is -2.66. The van der Waals surface area contributed by atoms with Gasteiger partial charge in [0.05, 0.1) is 6.61 Å². The summed E-state index contributed by atoms with van der Waals surface area (Å²) < 4.78 is 27.6. The Morgan fingerprint density at radius 2 is 1.59 bits per heavy atom. The van der Waals surface area contributed by atoms with Gasteiger partial charge in [-0.1, -0.05) is 29.8 Å². The number of benzene rings is 1. The Bertz CT molecular complexity index is 846. The molecule has 1 N–H and O–H groups in total. The number of esters is 3. The van der Waals surface area contributed by atoms with Crippen LogP contribution in [0.25, 0.3) is 0 Å². The van der Waals surface area contributed by atoms with Crippen LogP contribution in [-0.2, 0) is 49.5 Å². The highest BCUT2D eigenvalue weighted by atomic mass is 35.5. The third-order valence-corrected chi connectivity index (χ3v) is 4.80. The maximum atomic E-state index is 11.9. The molecule has 0 unspecified atom stereocenters. The van der Waals surface area contributed by atoms with Crippen LogP contribution in [0.4, 0.5) is 0 Å². The molecule has 1 amide bonds. The fraction of sp³-hybridized carbons (Fsp3) is 0.524. The molecule has 0 radical (unpaired) electrons. The maximum absolute atomic E-state index is 11.9. The number of ether oxygens (including phenoxy) is 5. The van der Waals surface area contributed by atoms with E-state index in [-0.39, 0.29) is 13.2 Å². The third kappa shape index (κ3) is 7.47. The average molecular weight is 472 g/mol. The molecule has 10 nitrogen and oxygen atoms in total. The first-order valence-corrected chi connectivity index (χ1v) is 10.2. The van der Waals surface area contributed by atoms with Crippen LogP contribution in [0, 0.1) is 0 Å². The van der Waals surface area contributed by atoms with E-state index in [0.717, 1.165) is 0 Å². The van der Waals surface area contributed by atoms with E-state index in [1.54, 1.807) is 24.3 Å². The van der Waals surface area contributed by atoms with E-state index < -0.39 is 54.5 Å². The van der Waals surface area contributed by atoms with E-state index in [4.69, 9.17) is 35.3 Å². The van der Waals surface area contributed by atoms with Gasteiger partial charge in [-0.15, -0.1) is 0 Å². The normalized spacial score (nSPS) is 24.8. The molecule has 1 fully saturated rings. The summed E-state index contributed by atoms with van der Waals surface area (Å²) in [5.74, 6) is -2.40. The van der Waals surface area contributed by atoms with Gasteiger partial charge in [0.2, 0.25) is 5.91 Å². The second-order valence-corrected chi connectivity index (χ2v) is 7.53. The number of hydrogen-bond acceptors (Lipinski definition) is 9. The molecule has 0 aliphatic carbocycles. The van der Waals surface area contributed by atoms with Gasteiger partial charge in [0.15, 0.2) is 18.5 Å². The van der Waals surface area contributed by atoms with Gasteiger partial charge in [0.1, 0.15) is 18.8 Å². The van der Waals surface area contributed by atoms with Crippen molar-refractivity contribution >= 4 is 35.4 Å². The lowest BCUT2D eigenvalue weighted by Gasteiger charge is -2.44. The van der Waals surface area contributed by atoms with Crippen LogP contribution in [0.2, 0.25) is 5.02 Å². The summed E-state index contributed by atoms with van der Waals surface area (Å²) in [6.45, 7) is 4.52. The van der Waals surface area contributed by atoms with Gasteiger partial charge in [-0.2, -0.15) is 0 Å². The molecule has 1 aromatic rings. The predicted octanol–water partition coefficient (Wildman–Crippen LogP) is 1.51. The Labute approximate surface area is 190 Å². The molecule has 11 heteroatoms. The summed E-state index contributed by atoms with van der Waals surface area (Å²) in [4.78, 5) is 46.8. The zero-order valence-electron chi connectivity index (χ0n) is 18.2. The van der Waals surface area contributed by atoms with E-state index >= 15 is 0 Å². The van der Waals surface area contributed by atoms with Crippen molar-refractivity contribution < 1.29 is 42.9 Å². The van der Waals surface area contributed by atoms with E-state index in [1.807, 2.05) is 0 Å². The van der Waals surface area contributed by atoms with Crippen molar-refractivity contribution in [2.24, 2.45) is 0 Å². The van der Waals surface area contributed by atoms with Gasteiger partial charge in [0, 0.05) is 32.7 Å². The van der Waals surface area contributed by atoms with Gasteiger partial charge in [-0.05, 0) is 11.6 Å². The zero-order chi connectivity index (χ0) is 23.8. The number of hydrogen-bond donors (Lipinski definition) is 1. The lowest BCUT2D eigenvalue weighted by molar-refractivity contribution is -0.280. The molecule has 2 rings (SSSR count). The third-order valence-electron chi connectivity index (χ3n) is 4.43. The quantitative estimate of drug-likeness (QED) is 0.443. The van der Waals surface area contributed by atoms with Crippen LogP contribution >= 0.6 is 11.6 Å². The minimum absolute atomic E-state index is 0.00569. The highest BCUT2D eigenvalue weighted by Crippen LogP contribution is 2.29. The summed E-state index contributed by atoms with van der Waals surface area (Å²) in [5.41, 5.74) is 0.655.